The molecule has 0 aromatic carbocycles. The van der Waals surface area contributed by atoms with Crippen molar-refractivity contribution in [3.05, 3.63) is 21.6 Å². The van der Waals surface area contributed by atoms with Gasteiger partial charge in [-0.15, -0.1) is 0 Å². The molecule has 1 atom stereocenters. The first-order valence-corrected chi connectivity index (χ1v) is 10.3. The van der Waals surface area contributed by atoms with Crippen molar-refractivity contribution in [3.8, 4) is 0 Å². The number of hydrogen-bond donors (Lipinski definition) is 1. The minimum Gasteiger partial charge on any atom is -0.366 e. The Morgan fingerprint density at radius 3 is 2.53 bits per heavy atom. The predicted octanol–water partition coefficient (Wildman–Crippen LogP) is 2.76. The molecule has 0 bridgehead atoms. The third-order valence-corrected chi connectivity index (χ3v) is 4.64. The van der Waals surface area contributed by atoms with Gasteiger partial charge in [-0.2, -0.15) is 5.10 Å². The molecular weight excluding hydrogens is 397 g/mol. The average molecular weight is 419 g/mol. The second kappa shape index (κ2) is 9.91. The lowest BCUT2D eigenvalue weighted by Gasteiger charge is -2.29. The van der Waals surface area contributed by atoms with Gasteiger partial charge < -0.3 is 10.2 Å². The molecule has 0 aliphatic carbocycles. The number of nitrogens with zero attached hydrogens (tertiary/aromatic N) is 3. The van der Waals surface area contributed by atoms with E-state index in [4.69, 9.17) is 11.6 Å². The molecule has 0 saturated carbocycles. The van der Waals surface area contributed by atoms with Crippen molar-refractivity contribution in [1.82, 2.24) is 14.9 Å². The highest BCUT2D eigenvalue weighted by Crippen LogP contribution is 2.25. The van der Waals surface area contributed by atoms with Gasteiger partial charge in [0.15, 0.2) is 0 Å². The van der Waals surface area contributed by atoms with Crippen molar-refractivity contribution >= 4 is 45.7 Å². The van der Waals surface area contributed by atoms with Crippen molar-refractivity contribution in [2.75, 3.05) is 31.1 Å². The molecule has 2 heterocycles. The molecule has 0 spiro atoms. The summed E-state index contributed by atoms with van der Waals surface area (Å²) in [6.07, 6.45) is 1.96. The van der Waals surface area contributed by atoms with Crippen molar-refractivity contribution in [2.45, 2.75) is 21.3 Å². The Morgan fingerprint density at radius 2 is 2.00 bits per heavy atom. The van der Waals surface area contributed by atoms with Gasteiger partial charge in [0, 0.05) is 26.2 Å². The van der Waals surface area contributed by atoms with Gasteiger partial charge in [-0.1, -0.05) is 32.9 Å². The van der Waals surface area contributed by atoms with Crippen LogP contribution in [0.3, 0.4) is 0 Å². The van der Waals surface area contributed by atoms with Crippen LogP contribution >= 0.6 is 40.0 Å². The molecule has 0 amide bonds. The normalized spacial score (nSPS) is 14.8. The second-order valence-corrected chi connectivity index (χ2v) is 5.80. The number of halogens is 2. The van der Waals surface area contributed by atoms with Gasteiger partial charge in [0.25, 0.3) is 5.56 Å². The average Bonchev–Trinajstić information content (AvgIpc) is 2.45. The summed E-state index contributed by atoms with van der Waals surface area (Å²) in [5.41, 5.74) is 0.546. The monoisotopic (exact) mass is 418 g/mol. The number of piperazine rings is 1. The number of hydrogen-bond acceptors (Lipinski definition) is 4. The zero-order valence-electron chi connectivity index (χ0n) is 10.4. The van der Waals surface area contributed by atoms with Crippen LogP contribution in [0.25, 0.3) is 0 Å². The molecule has 1 aliphatic rings. The van der Waals surface area contributed by atoms with E-state index in [1.807, 2.05) is 13.8 Å². The van der Waals surface area contributed by atoms with E-state index in [0.717, 1.165) is 31.9 Å². The number of anilines is 1. The highest BCUT2D eigenvalue weighted by molar-refractivity contribution is 14.2. The lowest BCUT2D eigenvalue weighted by atomic mass is 10.3. The summed E-state index contributed by atoms with van der Waals surface area (Å²) in [4.78, 5) is 13.9. The first kappa shape index (κ1) is 19.1. The summed E-state index contributed by atoms with van der Waals surface area (Å²) in [7, 11) is 0. The first-order chi connectivity index (χ1) is 8.74. The van der Waals surface area contributed by atoms with Crippen LogP contribution in [0.1, 0.15) is 21.3 Å². The Labute approximate surface area is 134 Å². The molecule has 1 unspecified atom stereocenters. The smallest absolute Gasteiger partial charge is 0.291 e. The molecule has 1 aliphatic heterocycles. The van der Waals surface area contributed by atoms with Crippen LogP contribution in [0.2, 0.25) is 5.02 Å². The van der Waals surface area contributed by atoms with Gasteiger partial charge in [0.2, 0.25) is 0 Å². The van der Waals surface area contributed by atoms with Gasteiger partial charge in [-0.05, 0) is 22.0 Å². The highest BCUT2D eigenvalue weighted by atomic mass is 127. The molecule has 110 valence electrons. The number of nitrogens with one attached hydrogen (secondary N) is 1. The first-order valence-electron chi connectivity index (χ1n) is 5.84. The van der Waals surface area contributed by atoms with Crippen LogP contribution in [0.4, 0.5) is 5.69 Å². The van der Waals surface area contributed by atoms with Crippen molar-refractivity contribution < 1.29 is 0 Å². The third-order valence-electron chi connectivity index (χ3n) is 2.44. The summed E-state index contributed by atoms with van der Waals surface area (Å²) in [6, 6.07) is 0. The summed E-state index contributed by atoms with van der Waals surface area (Å²) in [5.74, 6) is 0. The molecule has 0 radical (unpaired) electrons. The van der Waals surface area contributed by atoms with Crippen LogP contribution < -0.4 is 15.8 Å². The predicted molar refractivity (Wildman–Crippen MR) is 94.4 cm³/mol. The maximum Gasteiger partial charge on any atom is 0.291 e. The van der Waals surface area contributed by atoms with Gasteiger partial charge in [-0.25, -0.2) is 4.45 Å². The van der Waals surface area contributed by atoms with Crippen LogP contribution in [-0.2, 0) is 0 Å². The van der Waals surface area contributed by atoms with E-state index in [0.29, 0.717) is 0 Å². The number of aromatic nitrogens is 2. The zero-order valence-corrected chi connectivity index (χ0v) is 14.3. The van der Waals surface area contributed by atoms with Crippen LogP contribution in [-0.4, -0.2) is 35.7 Å². The lowest BCUT2D eigenvalue weighted by molar-refractivity contribution is 0.587. The Bertz CT molecular complexity index is 437. The molecule has 2 rings (SSSR count). The van der Waals surface area contributed by atoms with E-state index in [9.17, 15) is 4.79 Å². The largest absolute Gasteiger partial charge is 0.366 e. The van der Waals surface area contributed by atoms with E-state index in [1.165, 1.54) is 4.45 Å². The van der Waals surface area contributed by atoms with Crippen molar-refractivity contribution in [2.24, 2.45) is 0 Å². The van der Waals surface area contributed by atoms with E-state index in [1.54, 1.807) is 6.20 Å². The van der Waals surface area contributed by atoms with Crippen LogP contribution in [0.5, 0.6) is 0 Å². The highest BCUT2D eigenvalue weighted by Gasteiger charge is 2.16. The standard InChI is InChI=1S/C8H11ClIN4OP.C2H6.CH4/c9-7-6(13-3-1-11-2-4-13)5-12-14(16-10)8(7)15;1-2;/h5,11,16H,1-4H2;1-2H3;1H4. The van der Waals surface area contributed by atoms with Gasteiger partial charge >= 0.3 is 0 Å². The molecule has 1 fully saturated rings. The second-order valence-electron chi connectivity index (χ2n) is 3.38. The van der Waals surface area contributed by atoms with Crippen molar-refractivity contribution in [1.29, 1.82) is 0 Å². The topological polar surface area (TPSA) is 50.2 Å². The summed E-state index contributed by atoms with van der Waals surface area (Å²) in [5, 5.41) is 7.63. The molecule has 8 heteroatoms. The fourth-order valence-electron chi connectivity index (χ4n) is 1.61. The van der Waals surface area contributed by atoms with Crippen LogP contribution in [0, 0.1) is 0 Å². The van der Waals surface area contributed by atoms with Gasteiger partial charge in [-0.3, -0.25) is 4.79 Å². The van der Waals surface area contributed by atoms with E-state index in [-0.39, 0.29) is 24.4 Å². The zero-order chi connectivity index (χ0) is 13.5. The molecule has 5 nitrogen and oxygen atoms in total. The summed E-state index contributed by atoms with van der Waals surface area (Å²) >= 11 is 8.18. The molecule has 1 saturated heterocycles. The van der Waals surface area contributed by atoms with E-state index < -0.39 is 0 Å². The molecule has 1 N–H and O–H groups in total. The Kier molecular flexibility index (Phi) is 9.96. The molecule has 1 aromatic rings. The Balaban J connectivity index is 0.00000103. The minimum atomic E-state index is -0.203. The van der Waals surface area contributed by atoms with Gasteiger partial charge in [0.1, 0.15) is 5.02 Å². The van der Waals surface area contributed by atoms with Crippen molar-refractivity contribution in [3.63, 3.8) is 0 Å². The molecule has 19 heavy (non-hydrogen) atoms. The SMILES string of the molecule is C.CC.O=c1c(Cl)c(N2CCNCC2)cnn1PI. The summed E-state index contributed by atoms with van der Waals surface area (Å²) < 4.78 is 1.38. The lowest BCUT2D eigenvalue weighted by Crippen LogP contribution is -2.44. The maximum atomic E-state index is 11.8. The van der Waals surface area contributed by atoms with E-state index >= 15 is 0 Å². The fourth-order valence-corrected chi connectivity index (χ4v) is 3.25. The van der Waals surface area contributed by atoms with Gasteiger partial charge in [0.05, 0.1) is 18.3 Å². The molecular formula is C11H21ClIN4OP. The fraction of sp³-hybridized carbons (Fsp3) is 0.636. The van der Waals surface area contributed by atoms with E-state index in [2.05, 4.69) is 37.4 Å². The maximum absolute atomic E-state index is 11.8. The Hall–Kier alpha value is 0.0900. The summed E-state index contributed by atoms with van der Waals surface area (Å²) in [6.45, 7) is 7.54. The number of rotatable bonds is 2. The third kappa shape index (κ3) is 4.85. The quantitative estimate of drug-likeness (QED) is 0.593. The molecule has 1 aromatic heterocycles. The van der Waals surface area contributed by atoms with Crippen LogP contribution in [0.15, 0.2) is 11.0 Å². The minimum absolute atomic E-state index is 0. The Morgan fingerprint density at radius 1 is 1.42 bits per heavy atom.